The number of likely N-dealkylation sites (tertiary alicyclic amines) is 1. The number of carbonyl (C=O) groups excluding carboxylic acids is 2. The van der Waals surface area contributed by atoms with E-state index in [0.717, 1.165) is 30.9 Å². The van der Waals surface area contributed by atoms with Gasteiger partial charge in [0.1, 0.15) is 5.01 Å². The Morgan fingerprint density at radius 3 is 2.89 bits per heavy atom. The van der Waals surface area contributed by atoms with Gasteiger partial charge in [-0.15, -0.1) is 21.5 Å². The summed E-state index contributed by atoms with van der Waals surface area (Å²) in [6.07, 6.45) is 2.89. The fraction of sp³-hybridized carbons (Fsp3) is 0.579. The van der Waals surface area contributed by atoms with Gasteiger partial charge in [0.25, 0.3) is 0 Å². The molecule has 5 heterocycles. The summed E-state index contributed by atoms with van der Waals surface area (Å²) in [5, 5.41) is 11.6. The third-order valence-electron chi connectivity index (χ3n) is 6.05. The Hall–Kier alpha value is -1.84. The van der Waals surface area contributed by atoms with Crippen LogP contribution in [-0.2, 0) is 26.3 Å². The first-order valence-electron chi connectivity index (χ1n) is 9.66. The minimum atomic E-state index is -0.297. The van der Waals surface area contributed by atoms with E-state index in [0.29, 0.717) is 24.8 Å². The molecule has 0 aromatic carbocycles. The summed E-state index contributed by atoms with van der Waals surface area (Å²) < 4.78 is 6.23. The van der Waals surface area contributed by atoms with Crippen LogP contribution in [0.1, 0.15) is 34.7 Å². The third-order valence-corrected chi connectivity index (χ3v) is 7.89. The Morgan fingerprint density at radius 1 is 1.32 bits per heavy atom. The monoisotopic (exact) mass is 418 g/mol. The second kappa shape index (κ2) is 6.89. The first-order chi connectivity index (χ1) is 13.6. The van der Waals surface area contributed by atoms with Crippen LogP contribution >= 0.6 is 22.7 Å². The van der Waals surface area contributed by atoms with E-state index in [4.69, 9.17) is 4.74 Å². The number of carbonyl (C=O) groups is 2. The number of fused-ring (bicyclic) bond motifs is 2. The SMILES string of the molecule is Cc1nnc(N2CC(C(=O)N3CCC4(CC3)OCCc3sccc34)CC2=O)s1. The van der Waals surface area contributed by atoms with Gasteiger partial charge in [0.2, 0.25) is 16.9 Å². The number of anilines is 1. The molecule has 0 N–H and O–H groups in total. The zero-order valence-electron chi connectivity index (χ0n) is 15.7. The average molecular weight is 419 g/mol. The molecule has 0 radical (unpaired) electrons. The second-order valence-corrected chi connectivity index (χ2v) is 9.85. The highest BCUT2D eigenvalue weighted by molar-refractivity contribution is 7.15. The lowest BCUT2D eigenvalue weighted by atomic mass is 9.82. The zero-order chi connectivity index (χ0) is 19.3. The van der Waals surface area contributed by atoms with Crippen molar-refractivity contribution in [2.45, 2.75) is 38.2 Å². The summed E-state index contributed by atoms with van der Waals surface area (Å²) in [5.74, 6) is -0.260. The van der Waals surface area contributed by atoms with Gasteiger partial charge in [0, 0.05) is 37.4 Å². The minimum absolute atomic E-state index is 0.0403. The molecule has 2 amide bonds. The number of aromatic nitrogens is 2. The minimum Gasteiger partial charge on any atom is -0.370 e. The Bertz CT molecular complexity index is 916. The van der Waals surface area contributed by atoms with Gasteiger partial charge >= 0.3 is 0 Å². The van der Waals surface area contributed by atoms with Crippen LogP contribution in [0.4, 0.5) is 5.13 Å². The smallest absolute Gasteiger partial charge is 0.229 e. The van der Waals surface area contributed by atoms with Crippen LogP contribution in [-0.4, -0.2) is 53.2 Å². The van der Waals surface area contributed by atoms with Gasteiger partial charge in [-0.05, 0) is 36.8 Å². The topological polar surface area (TPSA) is 75.6 Å². The highest BCUT2D eigenvalue weighted by Gasteiger charge is 2.44. The number of rotatable bonds is 2. The molecule has 2 aromatic heterocycles. The number of thiophene rings is 1. The molecule has 0 bridgehead atoms. The quantitative estimate of drug-likeness (QED) is 0.748. The van der Waals surface area contributed by atoms with Crippen LogP contribution in [0.15, 0.2) is 11.4 Å². The average Bonchev–Trinajstić information content (AvgIpc) is 3.42. The van der Waals surface area contributed by atoms with Crippen LogP contribution in [0.5, 0.6) is 0 Å². The molecule has 5 rings (SSSR count). The van der Waals surface area contributed by atoms with Gasteiger partial charge in [0.15, 0.2) is 0 Å². The highest BCUT2D eigenvalue weighted by Crippen LogP contribution is 2.43. The Labute approximate surface area is 171 Å². The molecule has 3 aliphatic heterocycles. The maximum Gasteiger partial charge on any atom is 0.229 e. The summed E-state index contributed by atoms with van der Waals surface area (Å²) in [6.45, 7) is 4.38. The number of aryl methyl sites for hydroxylation is 1. The molecule has 1 atom stereocenters. The van der Waals surface area contributed by atoms with Crippen molar-refractivity contribution in [1.82, 2.24) is 15.1 Å². The first-order valence-corrected chi connectivity index (χ1v) is 11.4. The summed E-state index contributed by atoms with van der Waals surface area (Å²) in [7, 11) is 0. The molecule has 0 aliphatic carbocycles. The van der Waals surface area contributed by atoms with Crippen molar-refractivity contribution in [3.05, 3.63) is 26.9 Å². The van der Waals surface area contributed by atoms with Gasteiger partial charge in [-0.2, -0.15) is 0 Å². The predicted molar refractivity (Wildman–Crippen MR) is 107 cm³/mol. The van der Waals surface area contributed by atoms with E-state index < -0.39 is 0 Å². The molecule has 2 saturated heterocycles. The van der Waals surface area contributed by atoms with Gasteiger partial charge in [-0.3, -0.25) is 14.5 Å². The number of amides is 2. The number of hydrogen-bond acceptors (Lipinski definition) is 7. The lowest BCUT2D eigenvalue weighted by molar-refractivity contribution is -0.144. The van der Waals surface area contributed by atoms with Crippen LogP contribution in [0, 0.1) is 12.8 Å². The van der Waals surface area contributed by atoms with Gasteiger partial charge in [0.05, 0.1) is 18.1 Å². The van der Waals surface area contributed by atoms with E-state index in [2.05, 4.69) is 21.6 Å². The third kappa shape index (κ3) is 2.96. The van der Waals surface area contributed by atoms with Crippen molar-refractivity contribution >= 4 is 39.6 Å². The predicted octanol–water partition coefficient (Wildman–Crippen LogP) is 2.35. The largest absolute Gasteiger partial charge is 0.370 e. The molecular formula is C19H22N4O3S2. The van der Waals surface area contributed by atoms with Crippen LogP contribution in [0.2, 0.25) is 0 Å². The van der Waals surface area contributed by atoms with Crippen molar-refractivity contribution in [2.75, 3.05) is 31.1 Å². The van der Waals surface area contributed by atoms with Gasteiger partial charge in [-0.25, -0.2) is 0 Å². The fourth-order valence-corrected chi connectivity index (χ4v) is 6.23. The summed E-state index contributed by atoms with van der Waals surface area (Å²) >= 11 is 3.20. The van der Waals surface area contributed by atoms with E-state index >= 15 is 0 Å². The van der Waals surface area contributed by atoms with Crippen LogP contribution in [0.25, 0.3) is 0 Å². The van der Waals surface area contributed by atoms with E-state index in [9.17, 15) is 9.59 Å². The molecular weight excluding hydrogens is 396 g/mol. The molecule has 148 valence electrons. The van der Waals surface area contributed by atoms with E-state index in [-0.39, 0.29) is 29.8 Å². The molecule has 0 saturated carbocycles. The molecule has 1 spiro atoms. The Balaban J connectivity index is 1.25. The van der Waals surface area contributed by atoms with E-state index in [1.165, 1.54) is 21.8 Å². The van der Waals surface area contributed by atoms with E-state index in [1.807, 2.05) is 11.8 Å². The van der Waals surface area contributed by atoms with Crippen molar-refractivity contribution in [3.63, 3.8) is 0 Å². The molecule has 9 heteroatoms. The summed E-state index contributed by atoms with van der Waals surface area (Å²) in [6, 6.07) is 2.19. The maximum absolute atomic E-state index is 13.1. The molecule has 28 heavy (non-hydrogen) atoms. The summed E-state index contributed by atoms with van der Waals surface area (Å²) in [5.41, 5.74) is 1.09. The molecule has 3 aliphatic rings. The normalized spacial score (nSPS) is 24.0. The standard InChI is InChI=1S/C19H22N4O3S2/c1-12-20-21-18(28-12)23-11-13(10-16(23)24)17(25)22-6-4-19(5-7-22)14-3-9-27-15(14)2-8-26-19/h3,9,13H,2,4-8,10-11H2,1H3. The van der Waals surface area contributed by atoms with Crippen molar-refractivity contribution < 1.29 is 14.3 Å². The van der Waals surface area contributed by atoms with Crippen molar-refractivity contribution in [3.8, 4) is 0 Å². The van der Waals surface area contributed by atoms with Crippen molar-refractivity contribution in [2.24, 2.45) is 5.92 Å². The van der Waals surface area contributed by atoms with Crippen LogP contribution < -0.4 is 4.90 Å². The number of hydrogen-bond donors (Lipinski definition) is 0. The Kier molecular flexibility index (Phi) is 4.48. The molecule has 1 unspecified atom stereocenters. The number of nitrogens with zero attached hydrogens (tertiary/aromatic N) is 4. The molecule has 7 nitrogen and oxygen atoms in total. The van der Waals surface area contributed by atoms with E-state index in [1.54, 1.807) is 16.2 Å². The summed E-state index contributed by atoms with van der Waals surface area (Å²) in [4.78, 5) is 30.4. The molecule has 2 aromatic rings. The zero-order valence-corrected chi connectivity index (χ0v) is 17.4. The van der Waals surface area contributed by atoms with Gasteiger partial charge in [-0.1, -0.05) is 11.3 Å². The van der Waals surface area contributed by atoms with Crippen LogP contribution in [0.3, 0.4) is 0 Å². The molecule has 2 fully saturated rings. The lowest BCUT2D eigenvalue weighted by Gasteiger charge is -2.44. The van der Waals surface area contributed by atoms with Crippen molar-refractivity contribution in [1.29, 1.82) is 0 Å². The highest BCUT2D eigenvalue weighted by atomic mass is 32.1. The second-order valence-electron chi connectivity index (χ2n) is 7.68. The fourth-order valence-electron chi connectivity index (χ4n) is 4.57. The first kappa shape index (κ1) is 18.2. The maximum atomic E-state index is 13.1. The lowest BCUT2D eigenvalue weighted by Crippen LogP contribution is -2.49. The number of piperidine rings is 1. The number of ether oxygens (including phenoxy) is 1. The Morgan fingerprint density at radius 2 is 2.14 bits per heavy atom. The van der Waals surface area contributed by atoms with Gasteiger partial charge < -0.3 is 9.64 Å².